The number of carbonyl (C=O) groups is 4. The third-order valence-corrected chi connectivity index (χ3v) is 3.45. The Morgan fingerprint density at radius 2 is 1.64 bits per heavy atom. The van der Waals surface area contributed by atoms with Crippen molar-refractivity contribution in [3.05, 3.63) is 64.7 Å². The number of rotatable bonds is 6. The van der Waals surface area contributed by atoms with Gasteiger partial charge >= 0.3 is 17.7 Å². The smallest absolute Gasteiger partial charge is 0.384 e. The molecule has 0 aliphatic rings. The maximum absolute atomic E-state index is 12.6. The van der Waals surface area contributed by atoms with Crippen LogP contribution in [0, 0.1) is 0 Å². The third-order valence-electron chi connectivity index (χ3n) is 3.19. The van der Waals surface area contributed by atoms with E-state index in [0.29, 0.717) is 10.6 Å². The molecule has 7 heteroatoms. The predicted octanol–water partition coefficient (Wildman–Crippen LogP) is 2.64. The SMILES string of the molecule is CCOC(=O)C(=O)C(=O)Nc1ccccc1C(=O)c1ccc(Cl)cc1. The van der Waals surface area contributed by atoms with Crippen LogP contribution in [-0.4, -0.2) is 30.0 Å². The molecule has 0 heterocycles. The molecule has 0 saturated heterocycles. The van der Waals surface area contributed by atoms with E-state index in [1.165, 1.54) is 19.1 Å². The monoisotopic (exact) mass is 359 g/mol. The van der Waals surface area contributed by atoms with E-state index in [1.54, 1.807) is 36.4 Å². The lowest BCUT2D eigenvalue weighted by Gasteiger charge is -2.10. The summed E-state index contributed by atoms with van der Waals surface area (Å²) in [7, 11) is 0. The van der Waals surface area contributed by atoms with Crippen LogP contribution in [0.5, 0.6) is 0 Å². The number of benzene rings is 2. The zero-order valence-electron chi connectivity index (χ0n) is 13.2. The first-order valence-electron chi connectivity index (χ1n) is 7.35. The average molecular weight is 360 g/mol. The van der Waals surface area contributed by atoms with E-state index in [2.05, 4.69) is 10.1 Å². The Labute approximate surface area is 148 Å². The maximum Gasteiger partial charge on any atom is 0.384 e. The average Bonchev–Trinajstić information content (AvgIpc) is 2.61. The number of Topliss-reactive ketones (excluding diaryl/α,β-unsaturated/α-hetero) is 1. The minimum absolute atomic E-state index is 0.0243. The highest BCUT2D eigenvalue weighted by Gasteiger charge is 2.25. The van der Waals surface area contributed by atoms with Gasteiger partial charge < -0.3 is 10.1 Å². The zero-order valence-corrected chi connectivity index (χ0v) is 14.0. The highest BCUT2D eigenvalue weighted by molar-refractivity contribution is 6.63. The lowest BCUT2D eigenvalue weighted by atomic mass is 10.0. The van der Waals surface area contributed by atoms with Crippen LogP contribution in [0.3, 0.4) is 0 Å². The number of anilines is 1. The van der Waals surface area contributed by atoms with E-state index in [4.69, 9.17) is 11.6 Å². The molecule has 0 bridgehead atoms. The molecule has 6 nitrogen and oxygen atoms in total. The molecular weight excluding hydrogens is 346 g/mol. The summed E-state index contributed by atoms with van der Waals surface area (Å²) in [4.78, 5) is 47.5. The number of carbonyl (C=O) groups excluding carboxylic acids is 4. The van der Waals surface area contributed by atoms with Crippen LogP contribution < -0.4 is 5.32 Å². The molecule has 2 rings (SSSR count). The fraction of sp³-hybridized carbons (Fsp3) is 0.111. The van der Waals surface area contributed by atoms with E-state index in [1.807, 2.05) is 0 Å². The van der Waals surface area contributed by atoms with Gasteiger partial charge in [0.05, 0.1) is 12.3 Å². The second-order valence-electron chi connectivity index (χ2n) is 4.89. The number of ketones is 2. The fourth-order valence-corrected chi connectivity index (χ4v) is 2.14. The van der Waals surface area contributed by atoms with Crippen molar-refractivity contribution in [2.75, 3.05) is 11.9 Å². The van der Waals surface area contributed by atoms with Crippen LogP contribution in [0.1, 0.15) is 22.8 Å². The summed E-state index contributed by atoms with van der Waals surface area (Å²) >= 11 is 5.80. The maximum atomic E-state index is 12.6. The van der Waals surface area contributed by atoms with Crippen molar-refractivity contribution in [3.63, 3.8) is 0 Å². The summed E-state index contributed by atoms with van der Waals surface area (Å²) in [6.07, 6.45) is 0. The second kappa shape index (κ2) is 8.21. The van der Waals surface area contributed by atoms with Gasteiger partial charge in [0.15, 0.2) is 5.78 Å². The standard InChI is InChI=1S/C18H14ClNO5/c1-2-25-18(24)16(22)17(23)20-14-6-4-3-5-13(14)15(21)11-7-9-12(19)10-8-11/h3-10H,2H2,1H3,(H,20,23). The summed E-state index contributed by atoms with van der Waals surface area (Å²) < 4.78 is 4.49. The number of esters is 1. The first kappa shape index (κ1) is 18.4. The molecule has 25 heavy (non-hydrogen) atoms. The summed E-state index contributed by atoms with van der Waals surface area (Å²) in [6.45, 7) is 1.49. The van der Waals surface area contributed by atoms with E-state index >= 15 is 0 Å². The van der Waals surface area contributed by atoms with Gasteiger partial charge in [-0.2, -0.15) is 0 Å². The van der Waals surface area contributed by atoms with Crippen molar-refractivity contribution >= 4 is 40.7 Å². The van der Waals surface area contributed by atoms with E-state index in [0.717, 1.165) is 0 Å². The Morgan fingerprint density at radius 3 is 2.28 bits per heavy atom. The molecule has 128 valence electrons. The Kier molecular flexibility index (Phi) is 6.03. The lowest BCUT2D eigenvalue weighted by Crippen LogP contribution is -2.31. The molecule has 0 saturated carbocycles. The molecular formula is C18H14ClNO5. The molecule has 0 atom stereocenters. The van der Waals surface area contributed by atoms with Gasteiger partial charge in [-0.15, -0.1) is 0 Å². The molecule has 0 aliphatic heterocycles. The molecule has 0 aliphatic carbocycles. The largest absolute Gasteiger partial charge is 0.460 e. The van der Waals surface area contributed by atoms with Gasteiger partial charge in [0.1, 0.15) is 0 Å². The highest BCUT2D eigenvalue weighted by Crippen LogP contribution is 2.20. The summed E-state index contributed by atoms with van der Waals surface area (Å²) in [5.74, 6) is -4.12. The van der Waals surface area contributed by atoms with Crippen molar-refractivity contribution in [3.8, 4) is 0 Å². The van der Waals surface area contributed by atoms with Crippen molar-refractivity contribution in [1.82, 2.24) is 0 Å². The van der Waals surface area contributed by atoms with Crippen LogP contribution in [-0.2, 0) is 19.1 Å². The first-order valence-corrected chi connectivity index (χ1v) is 7.73. The fourth-order valence-electron chi connectivity index (χ4n) is 2.02. The first-order chi connectivity index (χ1) is 11.9. The van der Waals surface area contributed by atoms with Gasteiger partial charge in [-0.1, -0.05) is 23.7 Å². The summed E-state index contributed by atoms with van der Waals surface area (Å²) in [5, 5.41) is 2.76. The van der Waals surface area contributed by atoms with Gasteiger partial charge in [-0.25, -0.2) is 4.79 Å². The minimum Gasteiger partial charge on any atom is -0.460 e. The molecule has 0 radical (unpaired) electrons. The van der Waals surface area contributed by atoms with Crippen LogP contribution in [0.15, 0.2) is 48.5 Å². The van der Waals surface area contributed by atoms with E-state index in [-0.39, 0.29) is 23.6 Å². The number of para-hydroxylation sites is 1. The molecule has 1 N–H and O–H groups in total. The quantitative estimate of drug-likeness (QED) is 0.370. The molecule has 1 amide bonds. The van der Waals surface area contributed by atoms with Crippen molar-refractivity contribution in [2.24, 2.45) is 0 Å². The minimum atomic E-state index is -1.34. The van der Waals surface area contributed by atoms with Gasteiger partial charge in [-0.05, 0) is 43.3 Å². The lowest BCUT2D eigenvalue weighted by molar-refractivity contribution is -0.155. The van der Waals surface area contributed by atoms with Crippen LogP contribution in [0.25, 0.3) is 0 Å². The molecule has 0 aromatic heterocycles. The van der Waals surface area contributed by atoms with Gasteiger partial charge in [0, 0.05) is 16.1 Å². The molecule has 0 unspecified atom stereocenters. The zero-order chi connectivity index (χ0) is 18.4. The Morgan fingerprint density at radius 1 is 1.00 bits per heavy atom. The van der Waals surface area contributed by atoms with Gasteiger partial charge in [-0.3, -0.25) is 14.4 Å². The van der Waals surface area contributed by atoms with Crippen molar-refractivity contribution in [2.45, 2.75) is 6.92 Å². The number of amides is 1. The second-order valence-corrected chi connectivity index (χ2v) is 5.32. The normalized spacial score (nSPS) is 10.0. The topological polar surface area (TPSA) is 89.5 Å². The molecule has 0 spiro atoms. The summed E-state index contributed by atoms with van der Waals surface area (Å²) in [5.41, 5.74) is 0.655. The Hall–Kier alpha value is -2.99. The van der Waals surface area contributed by atoms with Crippen molar-refractivity contribution < 1.29 is 23.9 Å². The van der Waals surface area contributed by atoms with Crippen LogP contribution in [0.4, 0.5) is 5.69 Å². The highest BCUT2D eigenvalue weighted by atomic mass is 35.5. The number of ether oxygens (including phenoxy) is 1. The Balaban J connectivity index is 2.24. The number of hydrogen-bond acceptors (Lipinski definition) is 5. The van der Waals surface area contributed by atoms with Gasteiger partial charge in [0.2, 0.25) is 0 Å². The van der Waals surface area contributed by atoms with Crippen LogP contribution in [0.2, 0.25) is 5.02 Å². The molecule has 2 aromatic carbocycles. The molecule has 2 aromatic rings. The van der Waals surface area contributed by atoms with Crippen molar-refractivity contribution in [1.29, 1.82) is 0 Å². The van der Waals surface area contributed by atoms with Gasteiger partial charge in [0.25, 0.3) is 0 Å². The predicted molar refractivity (Wildman–Crippen MR) is 91.6 cm³/mol. The Bertz CT molecular complexity index is 830. The number of nitrogens with one attached hydrogen (secondary N) is 1. The molecule has 0 fully saturated rings. The number of hydrogen-bond donors (Lipinski definition) is 1. The summed E-state index contributed by atoms with van der Waals surface area (Å²) in [6, 6.07) is 12.4. The third kappa shape index (κ3) is 4.51. The van der Waals surface area contributed by atoms with E-state index in [9.17, 15) is 19.2 Å². The van der Waals surface area contributed by atoms with E-state index < -0.39 is 17.7 Å². The number of halogens is 1. The van der Waals surface area contributed by atoms with Crippen LogP contribution >= 0.6 is 11.6 Å².